The summed E-state index contributed by atoms with van der Waals surface area (Å²) in [5, 5.41) is 11.1. The third-order valence-corrected chi connectivity index (χ3v) is 4.73. The van der Waals surface area contributed by atoms with Crippen LogP contribution in [0, 0.1) is 24.0 Å². The van der Waals surface area contributed by atoms with Crippen molar-refractivity contribution in [3.05, 3.63) is 63.2 Å². The van der Waals surface area contributed by atoms with Gasteiger partial charge in [-0.3, -0.25) is 10.1 Å². The zero-order valence-electron chi connectivity index (χ0n) is 16.6. The molecule has 0 bridgehead atoms. The number of morpholine rings is 1. The van der Waals surface area contributed by atoms with Crippen LogP contribution in [0.1, 0.15) is 21.5 Å². The van der Waals surface area contributed by atoms with Crippen molar-refractivity contribution in [2.45, 2.75) is 13.8 Å². The lowest BCUT2D eigenvalue weighted by atomic mass is 10.1. The lowest BCUT2D eigenvalue weighted by Gasteiger charge is -2.30. The summed E-state index contributed by atoms with van der Waals surface area (Å²) in [6, 6.07) is 10.1. The van der Waals surface area contributed by atoms with Gasteiger partial charge in [0, 0.05) is 25.2 Å². The molecule has 1 saturated heterocycles. The van der Waals surface area contributed by atoms with Gasteiger partial charge in [0.25, 0.3) is 5.69 Å². The van der Waals surface area contributed by atoms with E-state index >= 15 is 0 Å². The van der Waals surface area contributed by atoms with E-state index in [4.69, 9.17) is 14.2 Å². The highest BCUT2D eigenvalue weighted by Gasteiger charge is 2.23. The maximum Gasteiger partial charge on any atom is 0.340 e. The summed E-state index contributed by atoms with van der Waals surface area (Å²) < 4.78 is 16.4. The quantitative estimate of drug-likeness (QED) is 0.305. The predicted octanol–water partition coefficient (Wildman–Crippen LogP) is 3.28. The van der Waals surface area contributed by atoms with E-state index in [2.05, 4.69) is 0 Å². The Balaban J connectivity index is 1.68. The Labute approximate surface area is 169 Å². The molecule has 8 nitrogen and oxygen atoms in total. The molecule has 154 valence electrons. The zero-order valence-corrected chi connectivity index (χ0v) is 16.6. The Morgan fingerprint density at radius 3 is 2.48 bits per heavy atom. The lowest BCUT2D eigenvalue weighted by molar-refractivity contribution is -0.384. The molecule has 0 atom stereocenters. The normalized spacial score (nSPS) is 13.8. The number of nitro groups is 1. The van der Waals surface area contributed by atoms with Gasteiger partial charge in [-0.1, -0.05) is 18.2 Å². The number of nitro benzene ring substituents is 1. The molecule has 29 heavy (non-hydrogen) atoms. The van der Waals surface area contributed by atoms with E-state index in [0.29, 0.717) is 32.0 Å². The van der Waals surface area contributed by atoms with Gasteiger partial charge in [-0.25, -0.2) is 4.79 Å². The summed E-state index contributed by atoms with van der Waals surface area (Å²) in [6.07, 6.45) is 0. The first-order valence-electron chi connectivity index (χ1n) is 9.44. The Morgan fingerprint density at radius 2 is 1.83 bits per heavy atom. The van der Waals surface area contributed by atoms with Gasteiger partial charge in [0.05, 0.1) is 29.4 Å². The van der Waals surface area contributed by atoms with Crippen LogP contribution in [0.5, 0.6) is 5.75 Å². The van der Waals surface area contributed by atoms with Crippen molar-refractivity contribution in [2.24, 2.45) is 0 Å². The number of esters is 1. The Morgan fingerprint density at radius 1 is 1.14 bits per heavy atom. The first-order valence-corrected chi connectivity index (χ1v) is 9.44. The number of non-ortho nitro benzene ring substituents is 1. The first kappa shape index (κ1) is 20.6. The van der Waals surface area contributed by atoms with E-state index in [1.807, 2.05) is 36.9 Å². The molecule has 1 fully saturated rings. The highest BCUT2D eigenvalue weighted by atomic mass is 16.6. The minimum Gasteiger partial charge on any atom is -0.489 e. The van der Waals surface area contributed by atoms with Gasteiger partial charge in [0.2, 0.25) is 0 Å². The molecule has 0 spiro atoms. The summed E-state index contributed by atoms with van der Waals surface area (Å²) in [5.41, 5.74) is 2.64. The van der Waals surface area contributed by atoms with Crippen LogP contribution in [0.15, 0.2) is 36.4 Å². The molecule has 0 N–H and O–H groups in total. The fourth-order valence-electron chi connectivity index (χ4n) is 3.26. The molecule has 0 unspecified atom stereocenters. The SMILES string of the molecule is Cc1cccc(C)c1OCCOC(=O)c1cc([N+](=O)[O-])ccc1N1CCOCC1. The van der Waals surface area contributed by atoms with Gasteiger partial charge < -0.3 is 19.1 Å². The fourth-order valence-corrected chi connectivity index (χ4v) is 3.26. The van der Waals surface area contributed by atoms with Crippen molar-refractivity contribution in [3.8, 4) is 5.75 Å². The molecular formula is C21H24N2O6. The van der Waals surface area contributed by atoms with Gasteiger partial charge in [0.15, 0.2) is 0 Å². The molecule has 1 heterocycles. The third kappa shape index (κ3) is 5.03. The Kier molecular flexibility index (Phi) is 6.66. The Bertz CT molecular complexity index is 872. The standard InChI is InChI=1S/C21H24N2O6/c1-15-4-3-5-16(2)20(15)28-12-13-29-21(24)18-14-17(23(25)26)6-7-19(18)22-8-10-27-11-9-22/h3-7,14H,8-13H2,1-2H3. The number of benzene rings is 2. The monoisotopic (exact) mass is 400 g/mol. The first-order chi connectivity index (χ1) is 14.0. The van der Waals surface area contributed by atoms with E-state index in [1.165, 1.54) is 12.1 Å². The van der Waals surface area contributed by atoms with Crippen molar-refractivity contribution >= 4 is 17.3 Å². The number of nitrogens with zero attached hydrogens (tertiary/aromatic N) is 2. The molecule has 1 aliphatic rings. The van der Waals surface area contributed by atoms with E-state index in [1.54, 1.807) is 6.07 Å². The van der Waals surface area contributed by atoms with Crippen LogP contribution >= 0.6 is 0 Å². The van der Waals surface area contributed by atoms with Crippen LogP contribution < -0.4 is 9.64 Å². The molecule has 1 aliphatic heterocycles. The number of aryl methyl sites for hydroxylation is 2. The van der Waals surface area contributed by atoms with Crippen LogP contribution in [0.2, 0.25) is 0 Å². The molecule has 2 aromatic rings. The summed E-state index contributed by atoms with van der Waals surface area (Å²) in [5.74, 6) is 0.160. The maximum atomic E-state index is 12.7. The highest BCUT2D eigenvalue weighted by molar-refractivity contribution is 5.96. The molecule has 2 aromatic carbocycles. The van der Waals surface area contributed by atoms with E-state index in [0.717, 1.165) is 16.9 Å². The number of rotatable bonds is 7. The maximum absolute atomic E-state index is 12.7. The topological polar surface area (TPSA) is 91.1 Å². The van der Waals surface area contributed by atoms with Gasteiger partial charge in [-0.2, -0.15) is 0 Å². The second-order valence-corrected chi connectivity index (χ2v) is 6.76. The van der Waals surface area contributed by atoms with Crippen molar-refractivity contribution in [1.82, 2.24) is 0 Å². The van der Waals surface area contributed by atoms with Gasteiger partial charge in [-0.05, 0) is 31.0 Å². The van der Waals surface area contributed by atoms with Gasteiger partial charge >= 0.3 is 5.97 Å². The van der Waals surface area contributed by atoms with Crippen LogP contribution in [0.3, 0.4) is 0 Å². The number of para-hydroxylation sites is 1. The molecule has 3 rings (SSSR count). The summed E-state index contributed by atoms with van der Waals surface area (Å²) in [7, 11) is 0. The highest BCUT2D eigenvalue weighted by Crippen LogP contribution is 2.27. The smallest absolute Gasteiger partial charge is 0.340 e. The number of carbonyl (C=O) groups excluding carboxylic acids is 1. The van der Waals surface area contributed by atoms with Crippen LogP contribution in [0.4, 0.5) is 11.4 Å². The van der Waals surface area contributed by atoms with Crippen LogP contribution in [0.25, 0.3) is 0 Å². The van der Waals surface area contributed by atoms with E-state index in [-0.39, 0.29) is 24.5 Å². The van der Waals surface area contributed by atoms with Gasteiger partial charge in [-0.15, -0.1) is 0 Å². The largest absolute Gasteiger partial charge is 0.489 e. The number of hydrogen-bond acceptors (Lipinski definition) is 7. The second-order valence-electron chi connectivity index (χ2n) is 6.76. The molecule has 0 amide bonds. The average molecular weight is 400 g/mol. The van der Waals surface area contributed by atoms with Gasteiger partial charge in [0.1, 0.15) is 19.0 Å². The molecular weight excluding hydrogens is 376 g/mol. The van der Waals surface area contributed by atoms with Crippen molar-refractivity contribution in [2.75, 3.05) is 44.4 Å². The predicted molar refractivity (Wildman–Crippen MR) is 108 cm³/mol. The average Bonchev–Trinajstić information content (AvgIpc) is 2.73. The van der Waals surface area contributed by atoms with Crippen molar-refractivity contribution in [1.29, 1.82) is 0 Å². The Hall–Kier alpha value is -3.13. The van der Waals surface area contributed by atoms with E-state index < -0.39 is 10.9 Å². The van der Waals surface area contributed by atoms with Crippen LogP contribution in [-0.4, -0.2) is 50.4 Å². The number of anilines is 1. The number of ether oxygens (including phenoxy) is 3. The van der Waals surface area contributed by atoms with E-state index in [9.17, 15) is 14.9 Å². The zero-order chi connectivity index (χ0) is 20.8. The lowest BCUT2D eigenvalue weighted by Crippen LogP contribution is -2.37. The molecule has 0 radical (unpaired) electrons. The molecule has 8 heteroatoms. The number of carbonyl (C=O) groups is 1. The minimum atomic E-state index is -0.611. The molecule has 0 aromatic heterocycles. The summed E-state index contributed by atoms with van der Waals surface area (Å²) >= 11 is 0. The fraction of sp³-hybridized carbons (Fsp3) is 0.381. The molecule has 0 saturated carbocycles. The molecule has 0 aliphatic carbocycles. The summed E-state index contributed by atoms with van der Waals surface area (Å²) in [6.45, 7) is 6.42. The third-order valence-electron chi connectivity index (χ3n) is 4.73. The second kappa shape index (κ2) is 9.38. The minimum absolute atomic E-state index is 0.0395. The summed E-state index contributed by atoms with van der Waals surface area (Å²) in [4.78, 5) is 25.3. The van der Waals surface area contributed by atoms with Crippen molar-refractivity contribution < 1.29 is 23.9 Å². The van der Waals surface area contributed by atoms with Crippen LogP contribution in [-0.2, 0) is 9.47 Å². The number of hydrogen-bond donors (Lipinski definition) is 0. The van der Waals surface area contributed by atoms with Crippen molar-refractivity contribution in [3.63, 3.8) is 0 Å².